The third-order valence-electron chi connectivity index (χ3n) is 6.97. The van der Waals surface area contributed by atoms with Crippen LogP contribution in [0.1, 0.15) is 155 Å². The first-order chi connectivity index (χ1) is 20.3. The van der Waals surface area contributed by atoms with E-state index in [1.165, 1.54) is 64.2 Å². The number of unbranched alkanes of at least 4 members (excludes halogenated alkanes) is 16. The lowest BCUT2D eigenvalue weighted by atomic mass is 10.1. The molecule has 1 unspecified atom stereocenters. The van der Waals surface area contributed by atoms with Crippen LogP contribution in [-0.4, -0.2) is 41.0 Å². The monoisotopic (exact) mass is 616 g/mol. The zero-order valence-corrected chi connectivity index (χ0v) is 27.5. The Labute approximate surface area is 256 Å². The minimum Gasteiger partial charge on any atom is -0.462 e. The molecule has 0 heterocycles. The average molecular weight is 617 g/mol. The second kappa shape index (κ2) is 29.6. The molecule has 42 heavy (non-hydrogen) atoms. The van der Waals surface area contributed by atoms with Crippen LogP contribution in [-0.2, 0) is 28.2 Å². The SMILES string of the molecule is CCCCCC/C=C\C/C=C\CCCCCCCC(=O)OC(COC(=O)CCCCCCCCCC)COP(=O)(O)O. The Bertz CT molecular complexity index is 746. The molecule has 1 atom stereocenters. The van der Waals surface area contributed by atoms with Gasteiger partial charge in [0.15, 0.2) is 6.10 Å². The van der Waals surface area contributed by atoms with Gasteiger partial charge in [0.1, 0.15) is 6.61 Å². The van der Waals surface area contributed by atoms with Gasteiger partial charge in [-0.2, -0.15) is 0 Å². The summed E-state index contributed by atoms with van der Waals surface area (Å²) in [5.74, 6) is -0.905. The Hall–Kier alpha value is -1.47. The maximum absolute atomic E-state index is 12.3. The maximum atomic E-state index is 12.3. The number of ether oxygens (including phenoxy) is 2. The van der Waals surface area contributed by atoms with Crippen LogP contribution in [0.4, 0.5) is 0 Å². The summed E-state index contributed by atoms with van der Waals surface area (Å²) in [6.07, 6.45) is 30.5. The van der Waals surface area contributed by atoms with Gasteiger partial charge in [0.25, 0.3) is 0 Å². The van der Waals surface area contributed by atoms with Crippen molar-refractivity contribution < 1.29 is 37.9 Å². The van der Waals surface area contributed by atoms with Gasteiger partial charge in [-0.3, -0.25) is 14.1 Å². The third-order valence-corrected chi connectivity index (χ3v) is 7.46. The Morgan fingerprint density at radius 1 is 0.619 bits per heavy atom. The summed E-state index contributed by atoms with van der Waals surface area (Å²) in [6, 6.07) is 0. The first-order valence-corrected chi connectivity index (χ1v) is 18.2. The van der Waals surface area contributed by atoms with Crippen molar-refractivity contribution in [2.24, 2.45) is 0 Å². The summed E-state index contributed by atoms with van der Waals surface area (Å²) in [4.78, 5) is 42.4. The fourth-order valence-corrected chi connectivity index (χ4v) is 4.82. The Morgan fingerprint density at radius 3 is 1.60 bits per heavy atom. The van der Waals surface area contributed by atoms with Crippen molar-refractivity contribution in [3.63, 3.8) is 0 Å². The van der Waals surface area contributed by atoms with Gasteiger partial charge >= 0.3 is 19.8 Å². The van der Waals surface area contributed by atoms with Crippen molar-refractivity contribution in [2.75, 3.05) is 13.2 Å². The van der Waals surface area contributed by atoms with Crippen molar-refractivity contribution in [3.05, 3.63) is 24.3 Å². The second-order valence-electron chi connectivity index (χ2n) is 11.1. The zero-order valence-electron chi connectivity index (χ0n) is 26.6. The molecule has 0 fully saturated rings. The van der Waals surface area contributed by atoms with Gasteiger partial charge in [0.05, 0.1) is 6.61 Å². The quantitative estimate of drug-likeness (QED) is 0.0355. The van der Waals surface area contributed by atoms with E-state index in [2.05, 4.69) is 42.7 Å². The molecular weight excluding hydrogens is 555 g/mol. The fourth-order valence-electron chi connectivity index (χ4n) is 4.46. The highest BCUT2D eigenvalue weighted by atomic mass is 31.2. The first kappa shape index (κ1) is 40.5. The molecule has 0 bridgehead atoms. The molecule has 0 aliphatic heterocycles. The summed E-state index contributed by atoms with van der Waals surface area (Å²) in [5.41, 5.74) is 0. The summed E-state index contributed by atoms with van der Waals surface area (Å²) in [7, 11) is -4.74. The van der Waals surface area contributed by atoms with E-state index in [0.29, 0.717) is 6.42 Å². The lowest BCUT2D eigenvalue weighted by molar-refractivity contribution is -0.161. The molecule has 0 aliphatic carbocycles. The van der Waals surface area contributed by atoms with Crippen LogP contribution >= 0.6 is 7.82 Å². The number of hydrogen-bond acceptors (Lipinski definition) is 6. The smallest absolute Gasteiger partial charge is 0.462 e. The van der Waals surface area contributed by atoms with Crippen molar-refractivity contribution in [2.45, 2.75) is 161 Å². The second-order valence-corrected chi connectivity index (χ2v) is 12.4. The number of allylic oxidation sites excluding steroid dienone is 4. The number of rotatable bonds is 30. The average Bonchev–Trinajstić information content (AvgIpc) is 2.95. The number of esters is 2. The van der Waals surface area contributed by atoms with E-state index in [9.17, 15) is 14.2 Å². The van der Waals surface area contributed by atoms with Crippen LogP contribution in [0.3, 0.4) is 0 Å². The van der Waals surface area contributed by atoms with E-state index in [4.69, 9.17) is 19.3 Å². The Kier molecular flexibility index (Phi) is 28.6. The van der Waals surface area contributed by atoms with Gasteiger partial charge in [-0.15, -0.1) is 0 Å². The van der Waals surface area contributed by atoms with Gasteiger partial charge in [0.2, 0.25) is 0 Å². The predicted molar refractivity (Wildman–Crippen MR) is 170 cm³/mol. The lowest BCUT2D eigenvalue weighted by Gasteiger charge is -2.18. The van der Waals surface area contributed by atoms with Crippen LogP contribution in [0.15, 0.2) is 24.3 Å². The number of carbonyl (C=O) groups excluding carboxylic acids is 2. The molecule has 0 amide bonds. The molecule has 0 saturated carbocycles. The summed E-state index contributed by atoms with van der Waals surface area (Å²) >= 11 is 0. The van der Waals surface area contributed by atoms with E-state index in [1.807, 2.05) is 0 Å². The number of phosphoric acid groups is 1. The fraction of sp³-hybridized carbons (Fsp3) is 0.818. The zero-order chi connectivity index (χ0) is 31.2. The summed E-state index contributed by atoms with van der Waals surface area (Å²) in [6.45, 7) is 3.59. The molecule has 246 valence electrons. The van der Waals surface area contributed by atoms with Crippen molar-refractivity contribution in [3.8, 4) is 0 Å². The Morgan fingerprint density at radius 2 is 1.07 bits per heavy atom. The third kappa shape index (κ3) is 31.5. The van der Waals surface area contributed by atoms with Gasteiger partial charge in [-0.1, -0.05) is 122 Å². The van der Waals surface area contributed by atoms with Gasteiger partial charge in [-0.05, 0) is 44.9 Å². The van der Waals surface area contributed by atoms with Crippen LogP contribution < -0.4 is 0 Å². The number of phosphoric ester groups is 1. The molecule has 8 nitrogen and oxygen atoms in total. The molecular formula is C33H61O8P. The normalized spacial score (nSPS) is 12.8. The largest absolute Gasteiger partial charge is 0.469 e. The molecule has 0 spiro atoms. The first-order valence-electron chi connectivity index (χ1n) is 16.6. The molecule has 0 saturated heterocycles. The summed E-state index contributed by atoms with van der Waals surface area (Å²) < 4.78 is 26.1. The van der Waals surface area contributed by atoms with E-state index in [-0.39, 0.29) is 19.4 Å². The van der Waals surface area contributed by atoms with Gasteiger partial charge < -0.3 is 19.3 Å². The van der Waals surface area contributed by atoms with Crippen molar-refractivity contribution >= 4 is 19.8 Å². The highest BCUT2D eigenvalue weighted by Crippen LogP contribution is 2.35. The minimum absolute atomic E-state index is 0.198. The van der Waals surface area contributed by atoms with Crippen LogP contribution in [0.5, 0.6) is 0 Å². The Balaban J connectivity index is 4.02. The molecule has 0 aliphatic rings. The van der Waals surface area contributed by atoms with E-state index in [1.54, 1.807) is 0 Å². The molecule has 0 aromatic carbocycles. The van der Waals surface area contributed by atoms with Crippen molar-refractivity contribution in [1.29, 1.82) is 0 Å². The standard InChI is InChI=1S/C33H61O8P/c1-3-5-7-9-11-13-14-15-16-17-18-19-20-22-24-26-28-33(35)41-31(30-40-42(36,37)38)29-39-32(34)27-25-23-21-12-10-8-6-4-2/h13-14,16-17,31H,3-12,15,18-30H2,1-2H3,(H2,36,37,38)/b14-13-,17-16-. The number of hydrogen-bond donors (Lipinski definition) is 2. The molecule has 0 rings (SSSR count). The molecule has 0 aromatic rings. The van der Waals surface area contributed by atoms with Crippen molar-refractivity contribution in [1.82, 2.24) is 0 Å². The summed E-state index contributed by atoms with van der Waals surface area (Å²) in [5, 5.41) is 0. The van der Waals surface area contributed by atoms with E-state index in [0.717, 1.165) is 57.8 Å². The van der Waals surface area contributed by atoms with Gasteiger partial charge in [-0.25, -0.2) is 4.57 Å². The van der Waals surface area contributed by atoms with E-state index >= 15 is 0 Å². The van der Waals surface area contributed by atoms with Crippen LogP contribution in [0.25, 0.3) is 0 Å². The van der Waals surface area contributed by atoms with E-state index < -0.39 is 32.5 Å². The topological polar surface area (TPSA) is 119 Å². The van der Waals surface area contributed by atoms with Gasteiger partial charge in [0, 0.05) is 12.8 Å². The highest BCUT2D eigenvalue weighted by Gasteiger charge is 2.22. The minimum atomic E-state index is -4.74. The lowest BCUT2D eigenvalue weighted by Crippen LogP contribution is -2.29. The van der Waals surface area contributed by atoms with Crippen LogP contribution in [0, 0.1) is 0 Å². The molecule has 0 aromatic heterocycles. The molecule has 9 heteroatoms. The molecule has 0 radical (unpaired) electrons. The number of carbonyl (C=O) groups is 2. The van der Waals surface area contributed by atoms with Crippen LogP contribution in [0.2, 0.25) is 0 Å². The maximum Gasteiger partial charge on any atom is 0.469 e. The predicted octanol–water partition coefficient (Wildman–Crippen LogP) is 9.29. The molecule has 2 N–H and O–H groups in total. The highest BCUT2D eigenvalue weighted by molar-refractivity contribution is 7.46.